The van der Waals surface area contributed by atoms with Crippen LogP contribution < -0.4 is 5.32 Å². The van der Waals surface area contributed by atoms with Gasteiger partial charge in [0.15, 0.2) is 14.7 Å². The van der Waals surface area contributed by atoms with Gasteiger partial charge in [0.05, 0.1) is 6.26 Å². The number of rotatable bonds is 5. The normalized spacial score (nSPS) is 12.0. The van der Waals surface area contributed by atoms with Crippen LogP contribution in [0.25, 0.3) is 0 Å². The fraction of sp³-hybridized carbons (Fsp3) is 0.214. The zero-order valence-electron chi connectivity index (χ0n) is 12.1. The summed E-state index contributed by atoms with van der Waals surface area (Å²) in [5.74, 6) is 0.122. The monoisotopic (exact) mass is 318 g/mol. The molecule has 0 unspecified atom stereocenters. The summed E-state index contributed by atoms with van der Waals surface area (Å²) in [5, 5.41) is 11.7. The van der Waals surface area contributed by atoms with E-state index in [1.165, 1.54) is 12.3 Å². The van der Waals surface area contributed by atoms with Crippen LogP contribution in [-0.2, 0) is 15.6 Å². The molecule has 2 aromatic heterocycles. The van der Waals surface area contributed by atoms with Crippen molar-refractivity contribution >= 4 is 15.8 Å². The van der Waals surface area contributed by atoms with Gasteiger partial charge in [-0.2, -0.15) is 5.26 Å². The number of allylic oxidation sites excluding steroid dienone is 1. The van der Waals surface area contributed by atoms with Crippen molar-refractivity contribution in [2.75, 3.05) is 5.32 Å². The van der Waals surface area contributed by atoms with E-state index in [1.54, 1.807) is 32.0 Å². The molecule has 2 heterocycles. The number of nitriles is 1. The van der Waals surface area contributed by atoms with Gasteiger partial charge in [-0.3, -0.25) is 0 Å². The molecule has 2 rings (SSSR count). The molecule has 0 spiro atoms. The Balaban J connectivity index is 2.22. The smallest absolute Gasteiger partial charge is 0.227 e. The molecule has 0 atom stereocenters. The Kier molecular flexibility index (Phi) is 4.58. The molecule has 7 nitrogen and oxygen atoms in total. The van der Waals surface area contributed by atoms with Gasteiger partial charge in [-0.1, -0.05) is 0 Å². The number of sulfone groups is 1. The highest BCUT2D eigenvalue weighted by Crippen LogP contribution is 2.15. The molecule has 0 saturated carbocycles. The van der Waals surface area contributed by atoms with E-state index >= 15 is 0 Å². The summed E-state index contributed by atoms with van der Waals surface area (Å²) in [6.45, 7) is 3.59. The topological polar surface area (TPSA) is 109 Å². The van der Waals surface area contributed by atoms with E-state index in [0.717, 1.165) is 17.6 Å². The van der Waals surface area contributed by atoms with Gasteiger partial charge in [0.2, 0.25) is 5.95 Å². The summed E-state index contributed by atoms with van der Waals surface area (Å²) in [6, 6.07) is 6.57. The molecule has 0 bridgehead atoms. The van der Waals surface area contributed by atoms with Crippen molar-refractivity contribution in [3.05, 3.63) is 52.7 Å². The van der Waals surface area contributed by atoms with Gasteiger partial charge in [0.1, 0.15) is 17.6 Å². The first-order valence-electron chi connectivity index (χ1n) is 6.35. The Morgan fingerprint density at radius 3 is 2.64 bits per heavy atom. The van der Waals surface area contributed by atoms with Gasteiger partial charge >= 0.3 is 0 Å². The first-order valence-corrected chi connectivity index (χ1v) is 8.00. The van der Waals surface area contributed by atoms with Crippen LogP contribution in [0.4, 0.5) is 5.95 Å². The van der Waals surface area contributed by atoms with E-state index in [-0.39, 0.29) is 17.5 Å². The predicted molar refractivity (Wildman–Crippen MR) is 80.2 cm³/mol. The second-order valence-electron chi connectivity index (χ2n) is 4.58. The zero-order chi connectivity index (χ0) is 16.2. The van der Waals surface area contributed by atoms with E-state index in [2.05, 4.69) is 15.3 Å². The number of hydrogen-bond donors (Lipinski definition) is 1. The van der Waals surface area contributed by atoms with Crippen LogP contribution in [0.1, 0.15) is 17.1 Å². The maximum atomic E-state index is 12.2. The maximum absolute atomic E-state index is 12.2. The Hall–Kier alpha value is -2.66. The average Bonchev–Trinajstić information content (AvgIpc) is 2.90. The standard InChI is InChI=1S/C14H14N4O3S/c1-10-6-11(2)18-14(17-10)16-8-13(7-15)22(19,20)9-12-4-3-5-21-12/h3-6,8H,9H2,1-2H3,(H,16,17,18)/b13-8+. The molecule has 0 radical (unpaired) electrons. The molecule has 0 aromatic carbocycles. The van der Waals surface area contributed by atoms with Crippen molar-refractivity contribution in [1.82, 2.24) is 9.97 Å². The number of anilines is 1. The highest BCUT2D eigenvalue weighted by molar-refractivity contribution is 7.94. The second-order valence-corrected chi connectivity index (χ2v) is 6.54. The third kappa shape index (κ3) is 3.93. The van der Waals surface area contributed by atoms with Crippen molar-refractivity contribution in [3.63, 3.8) is 0 Å². The summed E-state index contributed by atoms with van der Waals surface area (Å²) in [4.78, 5) is 7.81. The van der Waals surface area contributed by atoms with E-state index in [1.807, 2.05) is 0 Å². The largest absolute Gasteiger partial charge is 0.468 e. The van der Waals surface area contributed by atoms with Crippen molar-refractivity contribution in [2.45, 2.75) is 19.6 Å². The van der Waals surface area contributed by atoms with Gasteiger partial charge in [-0.25, -0.2) is 18.4 Å². The maximum Gasteiger partial charge on any atom is 0.227 e. The predicted octanol–water partition coefficient (Wildman–Crippen LogP) is 2.08. The number of furan rings is 1. The molecule has 0 aliphatic heterocycles. The number of nitrogens with one attached hydrogen (secondary N) is 1. The quantitative estimate of drug-likeness (QED) is 0.840. The number of nitrogens with zero attached hydrogens (tertiary/aromatic N) is 3. The average molecular weight is 318 g/mol. The Labute approximate surface area is 128 Å². The lowest BCUT2D eigenvalue weighted by Crippen LogP contribution is -2.08. The lowest BCUT2D eigenvalue weighted by molar-refractivity contribution is 0.522. The summed E-state index contributed by atoms with van der Waals surface area (Å²) < 4.78 is 29.3. The van der Waals surface area contributed by atoms with Crippen LogP contribution in [0.3, 0.4) is 0 Å². The summed E-state index contributed by atoms with van der Waals surface area (Å²) in [7, 11) is -3.80. The minimum absolute atomic E-state index is 0.235. The van der Waals surface area contributed by atoms with Crippen LogP contribution >= 0.6 is 0 Å². The molecule has 0 amide bonds. The molecule has 0 saturated heterocycles. The van der Waals surface area contributed by atoms with Crippen LogP contribution in [0.5, 0.6) is 0 Å². The van der Waals surface area contributed by atoms with Gasteiger partial charge in [-0.05, 0) is 32.0 Å². The molecule has 114 valence electrons. The van der Waals surface area contributed by atoms with E-state index in [4.69, 9.17) is 9.68 Å². The fourth-order valence-electron chi connectivity index (χ4n) is 1.77. The SMILES string of the molecule is Cc1cc(C)nc(N/C=C(\C#N)S(=O)(=O)Cc2ccco2)n1. The third-order valence-electron chi connectivity index (χ3n) is 2.67. The number of aryl methyl sites for hydroxylation is 2. The zero-order valence-corrected chi connectivity index (χ0v) is 12.9. The molecule has 1 N–H and O–H groups in total. The number of hydrogen-bond acceptors (Lipinski definition) is 7. The van der Waals surface area contributed by atoms with Crippen LogP contribution in [0.2, 0.25) is 0 Å². The van der Waals surface area contributed by atoms with Crippen LogP contribution in [0, 0.1) is 25.2 Å². The van der Waals surface area contributed by atoms with E-state index in [0.29, 0.717) is 0 Å². The van der Waals surface area contributed by atoms with Gasteiger partial charge < -0.3 is 9.73 Å². The Morgan fingerprint density at radius 1 is 1.41 bits per heavy atom. The van der Waals surface area contributed by atoms with Crippen LogP contribution in [-0.4, -0.2) is 18.4 Å². The summed E-state index contributed by atoms with van der Waals surface area (Å²) >= 11 is 0. The lowest BCUT2D eigenvalue weighted by atomic mass is 10.4. The van der Waals surface area contributed by atoms with Gasteiger partial charge in [0.25, 0.3) is 0 Å². The van der Waals surface area contributed by atoms with Gasteiger partial charge in [0, 0.05) is 17.6 Å². The van der Waals surface area contributed by atoms with E-state index < -0.39 is 14.7 Å². The van der Waals surface area contributed by atoms with Crippen molar-refractivity contribution in [2.24, 2.45) is 0 Å². The minimum atomic E-state index is -3.80. The first-order chi connectivity index (χ1) is 10.4. The Bertz CT molecular complexity index is 813. The molecule has 0 aliphatic carbocycles. The summed E-state index contributed by atoms with van der Waals surface area (Å²) in [5.41, 5.74) is 1.47. The van der Waals surface area contributed by atoms with E-state index in [9.17, 15) is 8.42 Å². The molecular weight excluding hydrogens is 304 g/mol. The molecular formula is C14H14N4O3S. The molecule has 0 aliphatic rings. The van der Waals surface area contributed by atoms with Crippen molar-refractivity contribution in [1.29, 1.82) is 5.26 Å². The van der Waals surface area contributed by atoms with Crippen molar-refractivity contribution in [3.8, 4) is 6.07 Å². The fourth-order valence-corrected chi connectivity index (χ4v) is 2.84. The minimum Gasteiger partial charge on any atom is -0.468 e. The molecule has 0 fully saturated rings. The molecule has 8 heteroatoms. The molecule has 2 aromatic rings. The lowest BCUT2D eigenvalue weighted by Gasteiger charge is -2.04. The van der Waals surface area contributed by atoms with Crippen LogP contribution in [0.15, 0.2) is 40.0 Å². The van der Waals surface area contributed by atoms with Crippen molar-refractivity contribution < 1.29 is 12.8 Å². The first kappa shape index (κ1) is 15.7. The van der Waals surface area contributed by atoms with Gasteiger partial charge in [-0.15, -0.1) is 0 Å². The Morgan fingerprint density at radius 2 is 2.09 bits per heavy atom. The summed E-state index contributed by atoms with van der Waals surface area (Å²) in [6.07, 6.45) is 2.47. The molecule has 22 heavy (non-hydrogen) atoms. The highest BCUT2D eigenvalue weighted by atomic mass is 32.2. The number of aromatic nitrogens is 2. The highest BCUT2D eigenvalue weighted by Gasteiger charge is 2.20. The third-order valence-corrected chi connectivity index (χ3v) is 4.22. The second kappa shape index (κ2) is 6.41.